The summed E-state index contributed by atoms with van der Waals surface area (Å²) >= 11 is 0. The molecule has 2 aromatic rings. The van der Waals surface area contributed by atoms with Gasteiger partial charge >= 0.3 is 0 Å². The van der Waals surface area contributed by atoms with Crippen molar-refractivity contribution in [1.82, 2.24) is 14.9 Å². The van der Waals surface area contributed by atoms with E-state index in [0.717, 1.165) is 43.6 Å². The summed E-state index contributed by atoms with van der Waals surface area (Å²) in [7, 11) is 0. The van der Waals surface area contributed by atoms with Crippen LogP contribution in [0.2, 0.25) is 0 Å². The number of likely N-dealkylation sites (tertiary alicyclic amines) is 1. The van der Waals surface area contributed by atoms with Crippen LogP contribution in [0.3, 0.4) is 0 Å². The molecule has 24 heavy (non-hydrogen) atoms. The second kappa shape index (κ2) is 6.73. The average molecular weight is 327 g/mol. The Hall–Kier alpha value is -2.21. The van der Waals surface area contributed by atoms with Crippen LogP contribution < -0.4 is 0 Å². The molecule has 0 aromatic carbocycles. The number of rotatable bonds is 5. The number of carbonyl (C=O) groups is 1. The van der Waals surface area contributed by atoms with E-state index in [-0.39, 0.29) is 12.0 Å². The van der Waals surface area contributed by atoms with Gasteiger partial charge in [-0.25, -0.2) is 4.98 Å². The van der Waals surface area contributed by atoms with E-state index in [1.165, 1.54) is 6.39 Å². The number of amides is 1. The maximum Gasteiger partial charge on any atom is 0.276 e. The van der Waals surface area contributed by atoms with E-state index in [2.05, 4.69) is 9.97 Å². The van der Waals surface area contributed by atoms with E-state index in [1.807, 2.05) is 23.2 Å². The Morgan fingerprint density at radius 3 is 3.08 bits per heavy atom. The zero-order valence-electron chi connectivity index (χ0n) is 13.6. The lowest BCUT2D eigenvalue weighted by atomic mass is 10.1. The van der Waals surface area contributed by atoms with Gasteiger partial charge in [0.25, 0.3) is 5.91 Å². The average Bonchev–Trinajstić information content (AvgIpc) is 3.37. The molecule has 1 aliphatic carbocycles. The topological polar surface area (TPSA) is 68.5 Å². The molecule has 1 saturated heterocycles. The smallest absolute Gasteiger partial charge is 0.276 e. The van der Waals surface area contributed by atoms with Gasteiger partial charge in [0, 0.05) is 31.4 Å². The van der Waals surface area contributed by atoms with Gasteiger partial charge in [-0.3, -0.25) is 9.78 Å². The van der Waals surface area contributed by atoms with Crippen LogP contribution in [0.15, 0.2) is 35.3 Å². The standard InChI is InChI=1S/C18H21N3O3/c22-18(16-17(14-5-6-14)24-12-20-16)21-8-2-4-15(10-21)23-11-13-3-1-7-19-9-13/h1,3,7,9,12,14-15H,2,4-6,8,10-11H2/t15-/m0/s1. The highest BCUT2D eigenvalue weighted by Gasteiger charge is 2.35. The van der Waals surface area contributed by atoms with Gasteiger partial charge in [0.05, 0.1) is 12.7 Å². The van der Waals surface area contributed by atoms with Crippen molar-refractivity contribution < 1.29 is 13.9 Å². The zero-order valence-corrected chi connectivity index (χ0v) is 13.6. The Morgan fingerprint density at radius 1 is 1.38 bits per heavy atom. The number of carbonyl (C=O) groups excluding carboxylic acids is 1. The summed E-state index contributed by atoms with van der Waals surface area (Å²) in [5, 5.41) is 0. The molecule has 126 valence electrons. The zero-order chi connectivity index (χ0) is 16.4. The van der Waals surface area contributed by atoms with Crippen LogP contribution in [-0.4, -0.2) is 40.0 Å². The first kappa shape index (κ1) is 15.3. The molecule has 1 atom stereocenters. The van der Waals surface area contributed by atoms with Crippen molar-refractivity contribution in [1.29, 1.82) is 0 Å². The van der Waals surface area contributed by atoms with Crippen molar-refractivity contribution in [2.75, 3.05) is 13.1 Å². The molecule has 0 bridgehead atoms. The fourth-order valence-corrected chi connectivity index (χ4v) is 3.16. The predicted molar refractivity (Wildman–Crippen MR) is 86.4 cm³/mol. The normalized spacial score (nSPS) is 21.0. The minimum absolute atomic E-state index is 0.0275. The monoisotopic (exact) mass is 327 g/mol. The SMILES string of the molecule is O=C(c1ncoc1C1CC1)N1CCC[C@H](OCc2cccnc2)C1. The number of hydrogen-bond donors (Lipinski definition) is 0. The summed E-state index contributed by atoms with van der Waals surface area (Å²) in [6, 6.07) is 3.90. The first-order valence-electron chi connectivity index (χ1n) is 8.54. The summed E-state index contributed by atoms with van der Waals surface area (Å²) in [5.74, 6) is 1.12. The molecule has 1 saturated carbocycles. The van der Waals surface area contributed by atoms with Gasteiger partial charge in [0.15, 0.2) is 12.1 Å². The Kier molecular flexibility index (Phi) is 4.30. The van der Waals surface area contributed by atoms with E-state index in [9.17, 15) is 4.79 Å². The number of piperidine rings is 1. The van der Waals surface area contributed by atoms with Gasteiger partial charge in [-0.05, 0) is 37.3 Å². The quantitative estimate of drug-likeness (QED) is 0.844. The second-order valence-electron chi connectivity index (χ2n) is 6.53. The maximum absolute atomic E-state index is 12.8. The first-order chi connectivity index (χ1) is 11.8. The highest BCUT2D eigenvalue weighted by Crippen LogP contribution is 2.41. The van der Waals surface area contributed by atoms with E-state index in [0.29, 0.717) is 24.8 Å². The predicted octanol–water partition coefficient (Wildman–Crippen LogP) is 2.77. The highest BCUT2D eigenvalue weighted by atomic mass is 16.5. The van der Waals surface area contributed by atoms with Crippen molar-refractivity contribution in [3.63, 3.8) is 0 Å². The Labute approximate surface area is 140 Å². The molecule has 0 unspecified atom stereocenters. The van der Waals surface area contributed by atoms with Gasteiger partial charge in [-0.2, -0.15) is 0 Å². The molecular formula is C18H21N3O3. The van der Waals surface area contributed by atoms with Crippen LogP contribution in [-0.2, 0) is 11.3 Å². The van der Waals surface area contributed by atoms with E-state index < -0.39 is 0 Å². The number of hydrogen-bond acceptors (Lipinski definition) is 5. The molecule has 6 nitrogen and oxygen atoms in total. The van der Waals surface area contributed by atoms with Crippen molar-refractivity contribution in [3.05, 3.63) is 47.9 Å². The lowest BCUT2D eigenvalue weighted by molar-refractivity contribution is -0.00701. The number of aromatic nitrogens is 2. The summed E-state index contributed by atoms with van der Waals surface area (Å²) in [6.45, 7) is 1.89. The first-order valence-corrected chi connectivity index (χ1v) is 8.54. The molecule has 6 heteroatoms. The molecule has 4 rings (SSSR count). The Bertz CT molecular complexity index is 697. The van der Waals surface area contributed by atoms with Crippen LogP contribution in [0.25, 0.3) is 0 Å². The minimum Gasteiger partial charge on any atom is -0.447 e. The molecule has 0 N–H and O–H groups in total. The summed E-state index contributed by atoms with van der Waals surface area (Å²) in [6.07, 6.45) is 9.10. The number of oxazole rings is 1. The van der Waals surface area contributed by atoms with E-state index in [4.69, 9.17) is 9.15 Å². The lowest BCUT2D eigenvalue weighted by Crippen LogP contribution is -2.43. The van der Waals surface area contributed by atoms with E-state index in [1.54, 1.807) is 6.20 Å². The van der Waals surface area contributed by atoms with Gasteiger partial charge in [-0.1, -0.05) is 6.07 Å². The fourth-order valence-electron chi connectivity index (χ4n) is 3.16. The molecule has 0 radical (unpaired) electrons. The molecule has 2 aliphatic rings. The third kappa shape index (κ3) is 3.33. The van der Waals surface area contributed by atoms with Crippen molar-refractivity contribution in [2.45, 2.75) is 44.3 Å². The molecule has 2 fully saturated rings. The summed E-state index contributed by atoms with van der Waals surface area (Å²) < 4.78 is 11.4. The number of nitrogens with zero attached hydrogens (tertiary/aromatic N) is 3. The van der Waals surface area contributed by atoms with Crippen molar-refractivity contribution in [3.8, 4) is 0 Å². The molecule has 3 heterocycles. The van der Waals surface area contributed by atoms with Crippen molar-refractivity contribution >= 4 is 5.91 Å². The van der Waals surface area contributed by atoms with Crippen LogP contribution in [0, 0.1) is 0 Å². The third-order valence-corrected chi connectivity index (χ3v) is 4.62. The molecule has 1 amide bonds. The Balaban J connectivity index is 1.37. The number of ether oxygens (including phenoxy) is 1. The highest BCUT2D eigenvalue weighted by molar-refractivity contribution is 5.93. The van der Waals surface area contributed by atoms with Crippen molar-refractivity contribution in [2.24, 2.45) is 0 Å². The van der Waals surface area contributed by atoms with Crippen LogP contribution >= 0.6 is 0 Å². The molecule has 2 aromatic heterocycles. The second-order valence-corrected chi connectivity index (χ2v) is 6.53. The summed E-state index contributed by atoms with van der Waals surface area (Å²) in [4.78, 5) is 22.9. The largest absolute Gasteiger partial charge is 0.447 e. The van der Waals surface area contributed by atoms with Gasteiger partial charge < -0.3 is 14.1 Å². The fraction of sp³-hybridized carbons (Fsp3) is 0.500. The van der Waals surface area contributed by atoms with Crippen LogP contribution in [0.4, 0.5) is 0 Å². The number of pyridine rings is 1. The van der Waals surface area contributed by atoms with Gasteiger partial charge in [0.1, 0.15) is 5.76 Å². The van der Waals surface area contributed by atoms with Crippen LogP contribution in [0.1, 0.15) is 53.4 Å². The Morgan fingerprint density at radius 2 is 2.29 bits per heavy atom. The third-order valence-electron chi connectivity index (χ3n) is 4.62. The molecular weight excluding hydrogens is 306 g/mol. The van der Waals surface area contributed by atoms with Gasteiger partial charge in [-0.15, -0.1) is 0 Å². The lowest BCUT2D eigenvalue weighted by Gasteiger charge is -2.32. The minimum atomic E-state index is -0.0275. The molecule has 1 aliphatic heterocycles. The van der Waals surface area contributed by atoms with E-state index >= 15 is 0 Å². The van der Waals surface area contributed by atoms with Crippen LogP contribution in [0.5, 0.6) is 0 Å². The summed E-state index contributed by atoms with van der Waals surface area (Å²) in [5.41, 5.74) is 1.54. The maximum atomic E-state index is 12.8. The molecule has 0 spiro atoms. The van der Waals surface area contributed by atoms with Gasteiger partial charge in [0.2, 0.25) is 0 Å².